The number of benzene rings is 3. The number of Topliss-reactive ketones (excluding diaryl/α,β-unsaturated/α-hetero) is 1. The summed E-state index contributed by atoms with van der Waals surface area (Å²) in [6, 6.07) is 10.3. The molecule has 3 aromatic carbocycles. The van der Waals surface area contributed by atoms with Gasteiger partial charge in [0.2, 0.25) is 6.29 Å². The molecule has 4 N–H and O–H groups in total. The summed E-state index contributed by atoms with van der Waals surface area (Å²) in [4.78, 5) is 34.1. The van der Waals surface area contributed by atoms with E-state index in [1.807, 2.05) is 36.8 Å². The van der Waals surface area contributed by atoms with E-state index in [2.05, 4.69) is 17.0 Å². The number of carbonyl (C=O) groups excluding carboxylic acids is 2. The maximum atomic E-state index is 14.5. The number of hydrogen-bond acceptors (Lipinski definition) is 12. The van der Waals surface area contributed by atoms with Gasteiger partial charge >= 0.3 is 0 Å². The van der Waals surface area contributed by atoms with Crippen LogP contribution in [0, 0.1) is 18.4 Å². The Morgan fingerprint density at radius 2 is 1.98 bits per heavy atom. The van der Waals surface area contributed by atoms with Crippen LogP contribution < -0.4 is 9.47 Å². The summed E-state index contributed by atoms with van der Waals surface area (Å²) in [5.41, 5.74) is 2.81. The molecule has 13 nitrogen and oxygen atoms in total. The lowest BCUT2D eigenvalue weighted by Crippen LogP contribution is -2.70. The molecule has 3 aromatic rings. The zero-order valence-electron chi connectivity index (χ0n) is 31.8. The fraction of sp³-hybridized carbons (Fsp3) is 0.378. The van der Waals surface area contributed by atoms with Crippen molar-refractivity contribution in [3.63, 3.8) is 0 Å². The Labute approximate surface area is 334 Å². The lowest BCUT2D eigenvalue weighted by Gasteiger charge is -2.47. The van der Waals surface area contributed by atoms with Crippen molar-refractivity contribution in [1.82, 2.24) is 4.90 Å². The SMILES string of the molecule is COc1cc2c3c(O)c(c(C4CCCC4)cc3c1)C(=O)CN1Cc3c(cccc3C1=O)CC#CO[C@H]1[C@H](O)[C@@H](COCC3=C4[CH+]C=CC=C4N=C3)O[C@@H](O2)[C@@]1(O)CO. The van der Waals surface area contributed by atoms with Gasteiger partial charge in [0.15, 0.2) is 23.2 Å². The average Bonchev–Trinajstić information content (AvgIpc) is 3.99. The van der Waals surface area contributed by atoms with Gasteiger partial charge in [-0.25, -0.2) is 0 Å². The van der Waals surface area contributed by atoms with E-state index in [0.717, 1.165) is 53.7 Å². The molecule has 6 aliphatic rings. The van der Waals surface area contributed by atoms with E-state index in [-0.39, 0.29) is 67.0 Å². The molecule has 4 heterocycles. The largest absolute Gasteiger partial charge is 0.506 e. The molecule has 2 fully saturated rings. The van der Waals surface area contributed by atoms with Crippen LogP contribution in [0.25, 0.3) is 10.8 Å². The number of fused-ring (bicyclic) bond motifs is 5. The predicted molar refractivity (Wildman–Crippen MR) is 210 cm³/mol. The van der Waals surface area contributed by atoms with Crippen molar-refractivity contribution in [3.8, 4) is 29.3 Å². The molecule has 1 saturated carbocycles. The first-order valence-corrected chi connectivity index (χ1v) is 19.5. The van der Waals surface area contributed by atoms with Crippen LogP contribution in [-0.4, -0.2) is 107 Å². The van der Waals surface area contributed by atoms with Gasteiger partial charge in [0, 0.05) is 49.2 Å². The Kier molecular flexibility index (Phi) is 9.99. The highest BCUT2D eigenvalue weighted by atomic mass is 16.7. The van der Waals surface area contributed by atoms with Gasteiger partial charge in [-0.15, -0.1) is 0 Å². The minimum Gasteiger partial charge on any atom is -0.506 e. The zero-order valence-corrected chi connectivity index (χ0v) is 31.8. The van der Waals surface area contributed by atoms with Crippen LogP contribution >= 0.6 is 0 Å². The number of aliphatic hydroxyl groups excluding tert-OH is 2. The first-order valence-electron chi connectivity index (χ1n) is 19.5. The summed E-state index contributed by atoms with van der Waals surface area (Å²) < 4.78 is 30.4. The van der Waals surface area contributed by atoms with Gasteiger partial charge in [-0.3, -0.25) is 9.59 Å². The van der Waals surface area contributed by atoms with E-state index in [1.54, 1.807) is 24.4 Å². The Morgan fingerprint density at radius 1 is 1.14 bits per heavy atom. The summed E-state index contributed by atoms with van der Waals surface area (Å²) in [7, 11) is 1.47. The van der Waals surface area contributed by atoms with Crippen LogP contribution in [0.3, 0.4) is 0 Å². The van der Waals surface area contributed by atoms with Crippen LogP contribution in [-0.2, 0) is 27.2 Å². The van der Waals surface area contributed by atoms with Crippen molar-refractivity contribution in [2.24, 2.45) is 4.99 Å². The molecule has 13 heteroatoms. The first-order chi connectivity index (χ1) is 28.2. The van der Waals surface area contributed by atoms with Crippen molar-refractivity contribution in [2.75, 3.05) is 33.5 Å². The number of rotatable bonds is 7. The fourth-order valence-electron chi connectivity index (χ4n) is 8.95. The molecule has 9 rings (SSSR count). The van der Waals surface area contributed by atoms with Gasteiger partial charge in [-0.2, -0.15) is 4.99 Å². The number of aliphatic imine (C=N–C) groups is 1. The monoisotopic (exact) mass is 787 g/mol. The van der Waals surface area contributed by atoms with E-state index in [0.29, 0.717) is 22.3 Å². The number of amides is 1. The molecule has 298 valence electrons. The number of hydrogen-bond donors (Lipinski definition) is 4. The minimum atomic E-state index is -2.42. The number of phenolic OH excluding ortho intramolecular Hbond substituents is 1. The standard InChI is InChI=1S/C45H42N2O11/c1-54-29-16-27-17-32(25-8-2-3-9-25)39-35(49)21-47-20-33-26(10-6-13-31(33)43(47)52)11-7-15-56-42-40(50)37(23-55-22-28-19-46-34-14-5-4-12-30(28)34)58-44(45(42,53)24-48)57-36(18-29)38(27)41(39)51/h4-6,10,12-14,16-19,25,37,40,42,44,48,50,53H,2-3,8-9,11,20-24H2,1H3/p+1/t37-,40-,42+,44-,45-/m1/s1. The fourth-order valence-corrected chi connectivity index (χ4v) is 8.95. The van der Waals surface area contributed by atoms with E-state index < -0.39 is 42.6 Å². The molecule has 0 spiro atoms. The normalized spacial score (nSPS) is 26.4. The van der Waals surface area contributed by atoms with Crippen molar-refractivity contribution >= 4 is 28.7 Å². The van der Waals surface area contributed by atoms with Gasteiger partial charge in [-0.1, -0.05) is 30.9 Å². The molecule has 1 saturated heterocycles. The molecule has 58 heavy (non-hydrogen) atoms. The lowest BCUT2D eigenvalue weighted by atomic mass is 9.86. The lowest BCUT2D eigenvalue weighted by molar-refractivity contribution is -0.327. The number of allylic oxidation sites excluding steroid dienone is 4. The number of ketones is 1. The number of carbonyl (C=O) groups is 2. The third kappa shape index (κ3) is 6.51. The highest BCUT2D eigenvalue weighted by molar-refractivity contribution is 6.11. The number of aromatic hydroxyl groups is 1. The summed E-state index contributed by atoms with van der Waals surface area (Å²) in [6.07, 6.45) is 9.60. The second kappa shape index (κ2) is 15.3. The number of nitrogens with zero attached hydrogens (tertiary/aromatic N) is 2. The summed E-state index contributed by atoms with van der Waals surface area (Å²) >= 11 is 0. The summed E-state index contributed by atoms with van der Waals surface area (Å²) in [6.45, 7) is -1.16. The van der Waals surface area contributed by atoms with Gasteiger partial charge in [0.1, 0.15) is 47.7 Å². The van der Waals surface area contributed by atoms with Crippen molar-refractivity contribution in [1.29, 1.82) is 0 Å². The molecule has 4 aliphatic heterocycles. The molecular formula is C45H43N2O11+. The Morgan fingerprint density at radius 3 is 2.79 bits per heavy atom. The molecule has 1 amide bonds. The molecular weight excluding hydrogens is 744 g/mol. The maximum Gasteiger partial charge on any atom is 0.254 e. The van der Waals surface area contributed by atoms with Crippen molar-refractivity contribution < 1.29 is 53.7 Å². The minimum absolute atomic E-state index is 0.0113. The molecule has 0 unspecified atom stereocenters. The van der Waals surface area contributed by atoms with Crippen LogP contribution in [0.2, 0.25) is 0 Å². The first kappa shape index (κ1) is 37.9. The van der Waals surface area contributed by atoms with Gasteiger partial charge in [0.25, 0.3) is 5.91 Å². The number of methoxy groups -OCH3 is 1. The molecule has 6 bridgehead atoms. The smallest absolute Gasteiger partial charge is 0.254 e. The second-order valence-electron chi connectivity index (χ2n) is 15.5. The van der Waals surface area contributed by atoms with Crippen molar-refractivity contribution in [2.45, 2.75) is 74.8 Å². The highest BCUT2D eigenvalue weighted by Crippen LogP contribution is 2.47. The van der Waals surface area contributed by atoms with Gasteiger partial charge < -0.3 is 49.0 Å². The van der Waals surface area contributed by atoms with E-state index in [1.165, 1.54) is 18.1 Å². The number of ether oxygens (including phenoxy) is 5. The Balaban J connectivity index is 1.15. The number of phenols is 1. The predicted octanol–water partition coefficient (Wildman–Crippen LogP) is 4.20. The van der Waals surface area contributed by atoms with Crippen LogP contribution in [0.4, 0.5) is 0 Å². The van der Waals surface area contributed by atoms with E-state index >= 15 is 0 Å². The van der Waals surface area contributed by atoms with Crippen LogP contribution in [0.1, 0.15) is 69.0 Å². The van der Waals surface area contributed by atoms with Crippen LogP contribution in [0.15, 0.2) is 76.5 Å². The van der Waals surface area contributed by atoms with E-state index in [9.17, 15) is 30.0 Å². The number of aliphatic hydroxyl groups is 3. The van der Waals surface area contributed by atoms with Crippen LogP contribution in [0.5, 0.6) is 17.2 Å². The van der Waals surface area contributed by atoms with Crippen molar-refractivity contribution in [3.05, 3.63) is 106 Å². The van der Waals surface area contributed by atoms with Gasteiger partial charge in [-0.05, 0) is 59.0 Å². The zero-order chi connectivity index (χ0) is 40.1. The third-order valence-electron chi connectivity index (χ3n) is 12.0. The molecule has 5 atom stereocenters. The average molecular weight is 788 g/mol. The maximum absolute atomic E-state index is 14.5. The van der Waals surface area contributed by atoms with E-state index in [4.69, 9.17) is 23.7 Å². The summed E-state index contributed by atoms with van der Waals surface area (Å²) in [5, 5.41) is 47.7. The van der Waals surface area contributed by atoms with Gasteiger partial charge in [0.05, 0.1) is 49.6 Å². The molecule has 0 aromatic heterocycles. The molecule has 2 aliphatic carbocycles. The highest BCUT2D eigenvalue weighted by Gasteiger charge is 2.58. The third-order valence-corrected chi connectivity index (χ3v) is 12.0. The topological polar surface area (TPSA) is 177 Å². The second-order valence-corrected chi connectivity index (χ2v) is 15.5. The molecule has 0 radical (unpaired) electrons. The summed E-state index contributed by atoms with van der Waals surface area (Å²) in [5.74, 6) is 2.13. The quantitative estimate of drug-likeness (QED) is 0.200. The Hall–Kier alpha value is -5.62. The Bertz CT molecular complexity index is 2380.